The second-order valence-corrected chi connectivity index (χ2v) is 37.5. The van der Waals surface area contributed by atoms with Crippen LogP contribution in [0.2, 0.25) is 0 Å². The number of urea groups is 1. The SMILES string of the molecule is CC1(C)C(=CC=C2CCCC(C=CC3=[N+](CCCCS(=O)(=O)O)c4ccccc4C3(C)C)=C2Oc2ccc(C[C@H](CC(=O)CCCCCCCNC(=O)[C@@H](CC(=O)[C@H](Cc3ccccc3)NC(=O)CCCCCCCCC(=O)CC[C@H](NC(=O)NCCCC(=O)O)C(=O)O)Cc3ccccc3)C(=O)O)cc2)N(CCCCS(=O)(=O)[O-])c2ccccc21.O=C=O.O=S(=O)=O.O=S(=O)=O. The lowest BCUT2D eigenvalue weighted by molar-refractivity contribution is -0.438. The smallest absolute Gasteiger partial charge is 0.425 e. The van der Waals surface area contributed by atoms with Crippen LogP contribution in [-0.4, -0.2) is 186 Å². The highest BCUT2D eigenvalue weighted by atomic mass is 32.2. The number of ketones is 3. The first-order valence-electron chi connectivity index (χ1n) is 44.2. The predicted molar refractivity (Wildman–Crippen MR) is 490 cm³/mol. The van der Waals surface area contributed by atoms with Crippen LogP contribution in [0.1, 0.15) is 229 Å². The first-order chi connectivity index (χ1) is 62.6. The fourth-order valence-corrected chi connectivity index (χ4v) is 17.3. The minimum absolute atomic E-state index is 0.0298. The Labute approximate surface area is 774 Å². The molecule has 3 aliphatic rings. The summed E-state index contributed by atoms with van der Waals surface area (Å²) >= 11 is 0. The third-order valence-corrected chi connectivity index (χ3v) is 24.4. The molecule has 0 fully saturated rings. The number of allylic oxidation sites excluding steroid dienone is 7. The molecule has 5 aromatic carbocycles. The van der Waals surface area contributed by atoms with Gasteiger partial charge in [0.05, 0.1) is 33.2 Å². The van der Waals surface area contributed by atoms with Crippen LogP contribution in [0, 0.1) is 11.8 Å². The van der Waals surface area contributed by atoms with Crippen LogP contribution < -0.4 is 30.9 Å². The van der Waals surface area contributed by atoms with Gasteiger partial charge in [-0.05, 0) is 174 Å². The number of carboxylic acid groups (broad SMARTS) is 3. The summed E-state index contributed by atoms with van der Waals surface area (Å²) in [5.74, 6) is -5.79. The summed E-state index contributed by atoms with van der Waals surface area (Å²) in [6, 6.07) is 39.4. The Morgan fingerprint density at radius 1 is 0.538 bits per heavy atom. The summed E-state index contributed by atoms with van der Waals surface area (Å²) < 4.78 is 128. The van der Waals surface area contributed by atoms with Crippen LogP contribution in [0.5, 0.6) is 5.75 Å². The highest BCUT2D eigenvalue weighted by Gasteiger charge is 2.45. The van der Waals surface area contributed by atoms with Crippen molar-refractivity contribution in [1.29, 1.82) is 0 Å². The number of nitrogens with one attached hydrogen (secondary N) is 4. The molecule has 0 saturated carbocycles. The van der Waals surface area contributed by atoms with Crippen LogP contribution >= 0.6 is 0 Å². The average Bonchev–Trinajstić information content (AvgIpc) is 1.60. The number of benzene rings is 5. The molecule has 8 rings (SSSR count). The normalized spacial score (nSPS) is 15.1. The van der Waals surface area contributed by atoms with Gasteiger partial charge in [-0.2, -0.15) is 22.6 Å². The molecule has 8 N–H and O–H groups in total. The number of anilines is 1. The van der Waals surface area contributed by atoms with Crippen LogP contribution in [0.3, 0.4) is 0 Å². The number of unbranched alkanes of at least 4 members (excludes halogenated alkanes) is 11. The van der Waals surface area contributed by atoms with Gasteiger partial charge < -0.3 is 50.8 Å². The van der Waals surface area contributed by atoms with Crippen molar-refractivity contribution < 1.29 is 129 Å². The molecule has 132 heavy (non-hydrogen) atoms. The van der Waals surface area contributed by atoms with E-state index in [0.29, 0.717) is 94.5 Å². The number of para-hydroxylation sites is 2. The Morgan fingerprint density at radius 3 is 1.67 bits per heavy atom. The van der Waals surface area contributed by atoms with E-state index in [9.17, 15) is 79.3 Å². The van der Waals surface area contributed by atoms with E-state index >= 15 is 0 Å². The summed E-state index contributed by atoms with van der Waals surface area (Å²) in [4.78, 5) is 134. The van der Waals surface area contributed by atoms with Crippen molar-refractivity contribution in [2.75, 3.05) is 42.6 Å². The van der Waals surface area contributed by atoms with E-state index in [0.717, 1.165) is 108 Å². The molecule has 0 bridgehead atoms. The van der Waals surface area contributed by atoms with E-state index in [-0.39, 0.29) is 131 Å². The van der Waals surface area contributed by atoms with Crippen molar-refractivity contribution in [3.05, 3.63) is 208 Å². The fourth-order valence-electron chi connectivity index (χ4n) is 16.2. The quantitative estimate of drug-likeness (QED) is 0.0102. The molecule has 0 aromatic heterocycles. The van der Waals surface area contributed by atoms with Crippen molar-refractivity contribution in [3.8, 4) is 5.75 Å². The second kappa shape index (κ2) is 57.6. The maximum atomic E-state index is 14.4. The van der Waals surface area contributed by atoms with Crippen LogP contribution in [-0.2, 0) is 119 Å². The van der Waals surface area contributed by atoms with Gasteiger partial charge in [-0.25, -0.2) is 18.0 Å². The molecule has 1 aliphatic carbocycles. The van der Waals surface area contributed by atoms with Crippen molar-refractivity contribution in [2.24, 2.45) is 11.8 Å². The maximum Gasteiger partial charge on any atom is 0.425 e. The molecule has 0 saturated heterocycles. The number of fused-ring (bicyclic) bond motifs is 2. The molecule has 5 aromatic rings. The number of carbonyl (C=O) groups excluding carboxylic acids is 8. The minimum atomic E-state index is -4.39. The second-order valence-electron chi connectivity index (χ2n) is 33.6. The van der Waals surface area contributed by atoms with Crippen molar-refractivity contribution in [2.45, 2.75) is 243 Å². The van der Waals surface area contributed by atoms with Gasteiger partial charge in [-0.3, -0.25) is 38.1 Å². The molecule has 4 amide bonds. The molecule has 33 nitrogen and oxygen atoms in total. The van der Waals surface area contributed by atoms with E-state index in [1.165, 1.54) is 0 Å². The number of amides is 4. The monoisotopic (exact) mass is 1910 g/mol. The van der Waals surface area contributed by atoms with Gasteiger partial charge in [-0.15, -0.1) is 25.3 Å². The van der Waals surface area contributed by atoms with Crippen LogP contribution in [0.4, 0.5) is 16.2 Å². The zero-order valence-electron chi connectivity index (χ0n) is 75.0. The van der Waals surface area contributed by atoms with Gasteiger partial charge in [0.1, 0.15) is 35.7 Å². The number of hydrogen-bond acceptors (Lipinski definition) is 24. The number of Topliss-reactive ketones (excluding diaryl/α,β-unsaturated/α-hetero) is 3. The van der Waals surface area contributed by atoms with Crippen molar-refractivity contribution in [1.82, 2.24) is 21.3 Å². The summed E-state index contributed by atoms with van der Waals surface area (Å²) in [7, 11) is -14.7. The molecular formula is C95H122N6O27S4. The maximum absolute atomic E-state index is 14.4. The lowest BCUT2D eigenvalue weighted by atomic mass is 9.81. The van der Waals surface area contributed by atoms with Gasteiger partial charge in [0.15, 0.2) is 11.5 Å². The number of aliphatic carboxylic acids is 3. The summed E-state index contributed by atoms with van der Waals surface area (Å²) in [5, 5.41) is 39.6. The van der Waals surface area contributed by atoms with Gasteiger partial charge in [0.2, 0.25) is 17.5 Å². The number of rotatable bonds is 55. The molecule has 718 valence electrons. The Kier molecular flexibility index (Phi) is 48.4. The standard InChI is InChI=1S/C94H122N6O19S2.CO2.2O3S/c1-93(2)77-40-21-23-42-81(77)99(58-26-28-60-120(113,114)115)84(93)54-48-70-36-30-37-71(49-55-85-94(3,4)78-41-22-24-43-82(78)100(85)59-27-29-61-121(116,117)118)88(70)119-76-51-46-69(47-52-76)63-73(90(108)109)65-75(102)39-19-9-7-11-25-56-95-89(107)72(62-67-32-14-12-15-33-67)66-83(103)80(64-68-34-16-13-17-35-68)97-86(104)44-20-10-6-5-8-18-38-74(101)50-53-79(91(110)111)98-92(112)96-57-31-45-87(105)106;2-1-3;2*1-4(2)3/h12-17,21-24,32-35,40-43,46-49,51-52,54-55,72-73,79-80H,5-11,18-20,25-31,36-39,44-45,50,53,56-66H2,1-4H3,(H8-,95,96,97,98,104,105,106,107,108,109,110,111,112,113,114,115,116,117,118);;;/t72-,73-,79+,80+;;;/m1.../s1. The average molecular weight is 1910 g/mol. The Balaban J connectivity index is 0.00000265. The molecule has 0 unspecified atom stereocenters. The highest BCUT2D eigenvalue weighted by Crippen LogP contribution is 2.48. The molecule has 2 heterocycles. The fraction of sp³-hybridized carbons (Fsp3) is 0.484. The van der Waals surface area contributed by atoms with E-state index < -0.39 is 106 Å². The van der Waals surface area contributed by atoms with Gasteiger partial charge in [0, 0.05) is 117 Å². The topological polar surface area (TPSA) is 526 Å². The van der Waals surface area contributed by atoms with Crippen LogP contribution in [0.15, 0.2) is 180 Å². The Hall–Kier alpha value is -11.6. The van der Waals surface area contributed by atoms with Crippen molar-refractivity contribution >= 4 is 118 Å². The number of nitrogens with zero attached hydrogens (tertiary/aromatic N) is 2. The summed E-state index contributed by atoms with van der Waals surface area (Å²) in [6.45, 7) is 10.0. The van der Waals surface area contributed by atoms with E-state index in [1.807, 2.05) is 109 Å². The van der Waals surface area contributed by atoms with E-state index in [2.05, 4.69) is 107 Å². The molecule has 0 spiro atoms. The molecule has 4 atom stereocenters. The Bertz CT molecular complexity index is 5360. The van der Waals surface area contributed by atoms with E-state index in [1.54, 1.807) is 0 Å². The lowest BCUT2D eigenvalue weighted by Crippen LogP contribution is -2.46. The third-order valence-electron chi connectivity index (χ3n) is 22.8. The zero-order chi connectivity index (χ0) is 97.4. The largest absolute Gasteiger partial charge is 0.748 e. The third kappa shape index (κ3) is 41.5. The van der Waals surface area contributed by atoms with Gasteiger partial charge in [0.25, 0.3) is 10.1 Å². The van der Waals surface area contributed by atoms with Crippen molar-refractivity contribution in [3.63, 3.8) is 0 Å². The molecular weight excluding hydrogens is 1790 g/mol. The predicted octanol–water partition coefficient (Wildman–Crippen LogP) is 12.4. The number of carbonyl (C=O) groups is 9. The summed E-state index contributed by atoms with van der Waals surface area (Å²) in [6.07, 6.45) is 21.0. The highest BCUT2D eigenvalue weighted by molar-refractivity contribution is 7.86. The number of carboxylic acids is 3. The van der Waals surface area contributed by atoms with Gasteiger partial charge >= 0.3 is 51.3 Å². The zero-order valence-corrected chi connectivity index (χ0v) is 78.2. The number of hydrogen-bond donors (Lipinski definition) is 8. The molecule has 0 radical (unpaired) electrons. The first-order valence-corrected chi connectivity index (χ1v) is 49.4. The van der Waals surface area contributed by atoms with E-state index in [4.69, 9.17) is 44.7 Å². The first kappa shape index (κ1) is 111. The molecule has 37 heteroatoms. The lowest BCUT2D eigenvalue weighted by Gasteiger charge is -2.28. The minimum Gasteiger partial charge on any atom is -0.748 e. The Morgan fingerprint density at radius 2 is 1.08 bits per heavy atom. The molecule has 2 aliphatic heterocycles. The van der Waals surface area contributed by atoms with Gasteiger partial charge in [-0.1, -0.05) is 174 Å². The number of ether oxygens (including phenoxy) is 1. The summed E-state index contributed by atoms with van der Waals surface area (Å²) in [5.41, 5.74) is 9.65. The van der Waals surface area contributed by atoms with Crippen LogP contribution in [0.25, 0.3) is 0 Å².